The Morgan fingerprint density at radius 2 is 1.95 bits per heavy atom. The van der Waals surface area contributed by atoms with Gasteiger partial charge in [-0.1, -0.05) is 20.3 Å². The van der Waals surface area contributed by atoms with Gasteiger partial charge >= 0.3 is 5.97 Å². The Balaban J connectivity index is 2.56. The zero-order valence-electron chi connectivity index (χ0n) is 12.8. The molecule has 0 saturated heterocycles. The number of carbonyl (C=O) groups is 1. The highest BCUT2D eigenvalue weighted by atomic mass is 16.6. The highest BCUT2D eigenvalue weighted by molar-refractivity contribution is 5.71. The second kappa shape index (κ2) is 10.0. The molecule has 0 amide bonds. The van der Waals surface area contributed by atoms with Crippen LogP contribution in [0.3, 0.4) is 0 Å². The molecular formula is C16H24O5. The molecule has 0 fully saturated rings. The molecule has 118 valence electrons. The Morgan fingerprint density at radius 3 is 2.62 bits per heavy atom. The summed E-state index contributed by atoms with van der Waals surface area (Å²) >= 11 is 0. The van der Waals surface area contributed by atoms with E-state index in [9.17, 15) is 9.90 Å². The van der Waals surface area contributed by atoms with Crippen LogP contribution in [0.2, 0.25) is 0 Å². The van der Waals surface area contributed by atoms with Crippen molar-refractivity contribution in [2.24, 2.45) is 0 Å². The minimum atomic E-state index is -0.410. The van der Waals surface area contributed by atoms with Crippen molar-refractivity contribution in [1.82, 2.24) is 0 Å². The molecule has 1 aromatic carbocycles. The second-order valence-corrected chi connectivity index (χ2v) is 4.64. The normalized spacial score (nSPS) is 10.2. The summed E-state index contributed by atoms with van der Waals surface area (Å²) < 4.78 is 15.9. The van der Waals surface area contributed by atoms with Crippen LogP contribution >= 0.6 is 0 Å². The van der Waals surface area contributed by atoms with Gasteiger partial charge in [-0.3, -0.25) is 0 Å². The number of aliphatic hydroxyl groups is 1. The molecule has 5 heteroatoms. The molecule has 0 bridgehead atoms. The molecule has 21 heavy (non-hydrogen) atoms. The summed E-state index contributed by atoms with van der Waals surface area (Å²) in [4.78, 5) is 11.5. The molecule has 0 saturated carbocycles. The van der Waals surface area contributed by atoms with Crippen molar-refractivity contribution in [3.8, 4) is 11.5 Å². The van der Waals surface area contributed by atoms with Crippen molar-refractivity contribution in [3.63, 3.8) is 0 Å². The second-order valence-electron chi connectivity index (χ2n) is 4.64. The van der Waals surface area contributed by atoms with E-state index in [1.165, 1.54) is 0 Å². The van der Waals surface area contributed by atoms with Crippen molar-refractivity contribution < 1.29 is 24.1 Å². The average Bonchev–Trinajstić information content (AvgIpc) is 2.51. The van der Waals surface area contributed by atoms with Crippen molar-refractivity contribution in [2.45, 2.75) is 39.7 Å². The molecule has 0 unspecified atom stereocenters. The van der Waals surface area contributed by atoms with Gasteiger partial charge in [0.25, 0.3) is 0 Å². The van der Waals surface area contributed by atoms with E-state index >= 15 is 0 Å². The van der Waals surface area contributed by atoms with Gasteiger partial charge in [-0.2, -0.15) is 0 Å². The lowest BCUT2D eigenvalue weighted by Crippen LogP contribution is -2.16. The summed E-state index contributed by atoms with van der Waals surface area (Å²) in [5.41, 5.74) is 0.611. The number of hydrogen-bond acceptors (Lipinski definition) is 5. The molecule has 5 nitrogen and oxygen atoms in total. The first-order valence-electron chi connectivity index (χ1n) is 7.36. The van der Waals surface area contributed by atoms with E-state index in [4.69, 9.17) is 14.2 Å². The maximum absolute atomic E-state index is 11.5. The van der Waals surface area contributed by atoms with Gasteiger partial charge in [0.05, 0.1) is 19.8 Å². The lowest BCUT2D eigenvalue weighted by molar-refractivity contribution is -0.146. The van der Waals surface area contributed by atoms with Crippen LogP contribution in [0.15, 0.2) is 18.2 Å². The maximum Gasteiger partial charge on any atom is 0.344 e. The van der Waals surface area contributed by atoms with Crippen molar-refractivity contribution >= 4 is 5.97 Å². The molecular weight excluding hydrogens is 272 g/mol. The fourth-order valence-corrected chi connectivity index (χ4v) is 1.62. The number of carbonyl (C=O) groups excluding carboxylic acids is 1. The average molecular weight is 296 g/mol. The van der Waals surface area contributed by atoms with Crippen molar-refractivity contribution in [3.05, 3.63) is 23.8 Å². The molecule has 0 atom stereocenters. The third-order valence-corrected chi connectivity index (χ3v) is 2.79. The molecule has 0 aliphatic heterocycles. The zero-order chi connectivity index (χ0) is 15.5. The number of benzene rings is 1. The number of hydrogen-bond donors (Lipinski definition) is 1. The van der Waals surface area contributed by atoms with E-state index in [0.29, 0.717) is 30.3 Å². The highest BCUT2D eigenvalue weighted by Gasteiger charge is 2.09. The van der Waals surface area contributed by atoms with Crippen LogP contribution in [0, 0.1) is 0 Å². The number of rotatable bonds is 10. The topological polar surface area (TPSA) is 65.0 Å². The third kappa shape index (κ3) is 6.49. The predicted octanol–water partition coefficient (Wildman–Crippen LogP) is 2.69. The van der Waals surface area contributed by atoms with E-state index in [1.807, 2.05) is 13.8 Å². The molecule has 0 aromatic heterocycles. The highest BCUT2D eigenvalue weighted by Crippen LogP contribution is 2.25. The standard InChI is InChI=1S/C16H24O5/c1-3-5-9-20-16(18)12-21-15-10-14(19-8-4-2)7-6-13(15)11-17/h6-7,10,17H,3-5,8-9,11-12H2,1-2H3. The van der Waals surface area contributed by atoms with Crippen molar-refractivity contribution in [2.75, 3.05) is 19.8 Å². The minimum Gasteiger partial charge on any atom is -0.493 e. The number of aliphatic hydroxyl groups excluding tert-OH is 1. The van der Waals surface area contributed by atoms with Crippen LogP contribution < -0.4 is 9.47 Å². The first-order valence-corrected chi connectivity index (χ1v) is 7.36. The van der Waals surface area contributed by atoms with Gasteiger partial charge in [-0.15, -0.1) is 0 Å². The smallest absolute Gasteiger partial charge is 0.344 e. The SMILES string of the molecule is CCCCOC(=O)COc1cc(OCCC)ccc1CO. The first-order chi connectivity index (χ1) is 10.2. The van der Waals surface area contributed by atoms with Gasteiger partial charge in [0.15, 0.2) is 6.61 Å². The van der Waals surface area contributed by atoms with Crippen LogP contribution in [0.5, 0.6) is 11.5 Å². The number of ether oxygens (including phenoxy) is 3. The van der Waals surface area contributed by atoms with Crippen LogP contribution in [0.25, 0.3) is 0 Å². The van der Waals surface area contributed by atoms with E-state index in [0.717, 1.165) is 19.3 Å². The van der Waals surface area contributed by atoms with E-state index in [-0.39, 0.29) is 13.2 Å². The summed E-state index contributed by atoms with van der Waals surface area (Å²) in [7, 11) is 0. The lowest BCUT2D eigenvalue weighted by atomic mass is 10.2. The summed E-state index contributed by atoms with van der Waals surface area (Å²) in [6.07, 6.45) is 2.72. The first kappa shape index (κ1) is 17.3. The Kier molecular flexibility index (Phi) is 8.28. The minimum absolute atomic E-state index is 0.158. The summed E-state index contributed by atoms with van der Waals surface area (Å²) in [6.45, 7) is 4.73. The molecule has 0 heterocycles. The fraction of sp³-hybridized carbons (Fsp3) is 0.562. The maximum atomic E-state index is 11.5. The summed E-state index contributed by atoms with van der Waals surface area (Å²) in [5.74, 6) is 0.689. The van der Waals surface area contributed by atoms with E-state index in [2.05, 4.69) is 0 Å². The Labute approximate surface area is 125 Å². The largest absolute Gasteiger partial charge is 0.493 e. The van der Waals surface area contributed by atoms with Gasteiger partial charge < -0.3 is 19.3 Å². The van der Waals surface area contributed by atoms with Crippen LogP contribution in [0.1, 0.15) is 38.7 Å². The van der Waals surface area contributed by atoms with Crippen LogP contribution in [-0.2, 0) is 16.1 Å². The molecule has 1 rings (SSSR count). The van der Waals surface area contributed by atoms with Crippen LogP contribution in [-0.4, -0.2) is 30.9 Å². The van der Waals surface area contributed by atoms with Gasteiger partial charge in [0, 0.05) is 11.6 Å². The Hall–Kier alpha value is -1.75. The van der Waals surface area contributed by atoms with Crippen molar-refractivity contribution in [1.29, 1.82) is 0 Å². The summed E-state index contributed by atoms with van der Waals surface area (Å²) in [6, 6.07) is 5.18. The molecule has 0 spiro atoms. The third-order valence-electron chi connectivity index (χ3n) is 2.79. The van der Waals surface area contributed by atoms with Crippen LogP contribution in [0.4, 0.5) is 0 Å². The zero-order valence-corrected chi connectivity index (χ0v) is 12.8. The molecule has 0 aliphatic rings. The van der Waals surface area contributed by atoms with Gasteiger partial charge in [-0.05, 0) is 25.0 Å². The quantitative estimate of drug-likeness (QED) is 0.531. The molecule has 0 aliphatic carbocycles. The molecule has 0 radical (unpaired) electrons. The number of unbranched alkanes of at least 4 members (excludes halogenated alkanes) is 1. The fourth-order valence-electron chi connectivity index (χ4n) is 1.62. The number of esters is 1. The lowest BCUT2D eigenvalue weighted by Gasteiger charge is -2.12. The van der Waals surface area contributed by atoms with E-state index < -0.39 is 5.97 Å². The predicted molar refractivity (Wildman–Crippen MR) is 79.5 cm³/mol. The van der Waals surface area contributed by atoms with Gasteiger partial charge in [-0.25, -0.2) is 4.79 Å². The summed E-state index contributed by atoms with van der Waals surface area (Å²) in [5, 5.41) is 9.29. The Morgan fingerprint density at radius 1 is 1.14 bits per heavy atom. The molecule has 1 N–H and O–H groups in total. The monoisotopic (exact) mass is 296 g/mol. The Bertz CT molecular complexity index is 431. The van der Waals surface area contributed by atoms with E-state index in [1.54, 1.807) is 18.2 Å². The van der Waals surface area contributed by atoms with Gasteiger partial charge in [0.1, 0.15) is 11.5 Å². The van der Waals surface area contributed by atoms with Gasteiger partial charge in [0.2, 0.25) is 0 Å². The molecule has 1 aromatic rings.